The van der Waals surface area contributed by atoms with Gasteiger partial charge in [0.1, 0.15) is 5.75 Å². The Morgan fingerprint density at radius 2 is 1.96 bits per heavy atom. The van der Waals surface area contributed by atoms with E-state index in [-0.39, 0.29) is 12.6 Å². The van der Waals surface area contributed by atoms with E-state index in [0.29, 0.717) is 0 Å². The highest BCUT2D eigenvalue weighted by molar-refractivity contribution is 5.65. The molecule has 0 spiro atoms. The van der Waals surface area contributed by atoms with Crippen molar-refractivity contribution < 1.29 is 9.84 Å². The number of aliphatic hydroxyl groups is 1. The van der Waals surface area contributed by atoms with Crippen LogP contribution in [0.1, 0.15) is 24.8 Å². The predicted octanol–water partition coefficient (Wildman–Crippen LogP) is 3.89. The van der Waals surface area contributed by atoms with E-state index in [2.05, 4.69) is 29.3 Å². The number of piperidine rings is 1. The van der Waals surface area contributed by atoms with Gasteiger partial charge in [-0.1, -0.05) is 36.8 Å². The first-order valence-electron chi connectivity index (χ1n) is 9.92. The topological polar surface area (TPSA) is 50.5 Å². The minimum Gasteiger partial charge on any atom is -0.497 e. The van der Waals surface area contributed by atoms with Gasteiger partial charge in [-0.2, -0.15) is 5.10 Å². The number of aromatic nitrogens is 2. The highest BCUT2D eigenvalue weighted by atomic mass is 16.5. The summed E-state index contributed by atoms with van der Waals surface area (Å²) >= 11 is 0. The first-order valence-corrected chi connectivity index (χ1v) is 9.92. The van der Waals surface area contributed by atoms with E-state index in [1.165, 1.54) is 12.8 Å². The predicted molar refractivity (Wildman–Crippen MR) is 111 cm³/mol. The molecule has 5 heteroatoms. The fourth-order valence-electron chi connectivity index (χ4n) is 3.95. The molecule has 3 aromatic rings. The summed E-state index contributed by atoms with van der Waals surface area (Å²) in [7, 11) is 1.68. The summed E-state index contributed by atoms with van der Waals surface area (Å²) < 4.78 is 7.36. The molecule has 0 saturated carbocycles. The van der Waals surface area contributed by atoms with E-state index in [1.807, 2.05) is 41.1 Å². The second-order valence-electron chi connectivity index (χ2n) is 7.32. The average molecular weight is 377 g/mol. The molecule has 1 aliphatic heterocycles. The Morgan fingerprint density at radius 3 is 2.75 bits per heavy atom. The van der Waals surface area contributed by atoms with Gasteiger partial charge in [0.25, 0.3) is 0 Å². The van der Waals surface area contributed by atoms with Crippen molar-refractivity contribution in [2.24, 2.45) is 0 Å². The summed E-state index contributed by atoms with van der Waals surface area (Å²) in [6.07, 6.45) is 5.54. The third kappa shape index (κ3) is 3.96. The number of likely N-dealkylation sites (tertiary alicyclic amines) is 1. The molecule has 1 saturated heterocycles. The van der Waals surface area contributed by atoms with Gasteiger partial charge in [-0.15, -0.1) is 0 Å². The van der Waals surface area contributed by atoms with E-state index in [1.54, 1.807) is 7.11 Å². The van der Waals surface area contributed by atoms with Gasteiger partial charge in [-0.25, -0.2) is 4.68 Å². The lowest BCUT2D eigenvalue weighted by molar-refractivity contribution is 0.0842. The van der Waals surface area contributed by atoms with Crippen molar-refractivity contribution in [3.05, 3.63) is 66.4 Å². The first kappa shape index (κ1) is 18.7. The van der Waals surface area contributed by atoms with Gasteiger partial charge in [0.05, 0.1) is 25.1 Å². The van der Waals surface area contributed by atoms with Crippen LogP contribution in [-0.4, -0.2) is 46.1 Å². The van der Waals surface area contributed by atoms with Crippen LogP contribution in [-0.2, 0) is 6.54 Å². The second-order valence-corrected chi connectivity index (χ2v) is 7.32. The number of nitrogens with zero attached hydrogens (tertiary/aromatic N) is 3. The van der Waals surface area contributed by atoms with Crippen molar-refractivity contribution in [2.75, 3.05) is 20.3 Å². The summed E-state index contributed by atoms with van der Waals surface area (Å²) in [6.45, 7) is 2.01. The number of ether oxygens (including phenoxy) is 1. The lowest BCUT2D eigenvalue weighted by Gasteiger charge is -2.34. The fourth-order valence-corrected chi connectivity index (χ4v) is 3.95. The summed E-state index contributed by atoms with van der Waals surface area (Å²) in [5.74, 6) is 0.823. The normalized spacial score (nSPS) is 17.6. The van der Waals surface area contributed by atoms with Gasteiger partial charge in [0.2, 0.25) is 0 Å². The number of rotatable bonds is 6. The molecule has 0 radical (unpaired) electrons. The third-order valence-electron chi connectivity index (χ3n) is 5.49. The van der Waals surface area contributed by atoms with Gasteiger partial charge in [0.15, 0.2) is 0 Å². The maximum absolute atomic E-state index is 9.80. The van der Waals surface area contributed by atoms with Crippen molar-refractivity contribution in [1.29, 1.82) is 0 Å². The van der Waals surface area contributed by atoms with Crippen LogP contribution >= 0.6 is 0 Å². The summed E-state index contributed by atoms with van der Waals surface area (Å²) in [5, 5.41) is 14.7. The molecule has 4 rings (SSSR count). The Morgan fingerprint density at radius 1 is 1.11 bits per heavy atom. The van der Waals surface area contributed by atoms with Crippen molar-refractivity contribution in [3.63, 3.8) is 0 Å². The Bertz CT molecular complexity index is 907. The van der Waals surface area contributed by atoms with Gasteiger partial charge < -0.3 is 9.84 Å². The second kappa shape index (κ2) is 8.59. The molecule has 1 fully saturated rings. The number of benzene rings is 2. The molecule has 28 heavy (non-hydrogen) atoms. The Hall–Kier alpha value is -2.63. The quantitative estimate of drug-likeness (QED) is 0.708. The minimum atomic E-state index is 0.210. The molecule has 0 amide bonds. The van der Waals surface area contributed by atoms with E-state index in [9.17, 15) is 5.11 Å². The van der Waals surface area contributed by atoms with Crippen molar-refractivity contribution >= 4 is 0 Å². The van der Waals surface area contributed by atoms with Crippen LogP contribution in [0.2, 0.25) is 0 Å². The molecule has 2 heterocycles. The molecular formula is C23H27N3O2. The largest absolute Gasteiger partial charge is 0.497 e. The lowest BCUT2D eigenvalue weighted by atomic mass is 10.0. The molecule has 5 nitrogen and oxygen atoms in total. The lowest BCUT2D eigenvalue weighted by Crippen LogP contribution is -2.41. The molecule has 1 N–H and O–H groups in total. The molecule has 1 aliphatic rings. The molecular weight excluding hydrogens is 350 g/mol. The van der Waals surface area contributed by atoms with E-state index in [4.69, 9.17) is 9.84 Å². The Labute approximate surface area is 166 Å². The van der Waals surface area contributed by atoms with Gasteiger partial charge in [0, 0.05) is 29.9 Å². The van der Waals surface area contributed by atoms with Crippen LogP contribution in [0.5, 0.6) is 5.75 Å². The van der Waals surface area contributed by atoms with Crippen LogP contribution in [0.4, 0.5) is 0 Å². The number of hydrogen-bond donors (Lipinski definition) is 1. The number of aliphatic hydroxyl groups excluding tert-OH is 1. The average Bonchev–Trinajstić information content (AvgIpc) is 3.18. The van der Waals surface area contributed by atoms with E-state index < -0.39 is 0 Å². The molecule has 0 bridgehead atoms. The summed E-state index contributed by atoms with van der Waals surface area (Å²) in [6, 6.07) is 18.4. The molecule has 0 aliphatic carbocycles. The highest BCUT2D eigenvalue weighted by Crippen LogP contribution is 2.29. The van der Waals surface area contributed by atoms with Crippen molar-refractivity contribution in [2.45, 2.75) is 31.8 Å². The standard InChI is InChI=1S/C23H27N3O2/c1-28-22-12-7-8-18(14-22)23-19(15-25-13-6-5-11-21(25)17-27)16-26(24-23)20-9-3-2-4-10-20/h2-4,7-10,12,14,16,21,27H,5-6,11,13,15,17H2,1H3/t21-/m0/s1. The number of hydrogen-bond acceptors (Lipinski definition) is 4. The summed E-state index contributed by atoms with van der Waals surface area (Å²) in [5.41, 5.74) is 4.21. The van der Waals surface area contributed by atoms with Crippen LogP contribution in [0.3, 0.4) is 0 Å². The van der Waals surface area contributed by atoms with E-state index in [0.717, 1.165) is 47.8 Å². The van der Waals surface area contributed by atoms with Gasteiger partial charge in [-0.05, 0) is 43.7 Å². The van der Waals surface area contributed by atoms with Gasteiger partial charge in [-0.3, -0.25) is 4.90 Å². The first-order chi connectivity index (χ1) is 13.8. The SMILES string of the molecule is COc1cccc(-c2nn(-c3ccccc3)cc2CN2CCCC[C@H]2CO)c1. The number of methoxy groups -OCH3 is 1. The maximum Gasteiger partial charge on any atom is 0.119 e. The minimum absolute atomic E-state index is 0.210. The Kier molecular flexibility index (Phi) is 5.74. The van der Waals surface area contributed by atoms with Crippen molar-refractivity contribution in [1.82, 2.24) is 14.7 Å². The molecule has 1 atom stereocenters. The fraction of sp³-hybridized carbons (Fsp3) is 0.348. The van der Waals surface area contributed by atoms with Crippen molar-refractivity contribution in [3.8, 4) is 22.7 Å². The van der Waals surface area contributed by atoms with Crippen LogP contribution in [0.15, 0.2) is 60.8 Å². The molecule has 146 valence electrons. The van der Waals surface area contributed by atoms with E-state index >= 15 is 0 Å². The third-order valence-corrected chi connectivity index (χ3v) is 5.49. The smallest absolute Gasteiger partial charge is 0.119 e. The molecule has 0 unspecified atom stereocenters. The maximum atomic E-state index is 9.80. The van der Waals surface area contributed by atoms with Crippen LogP contribution in [0, 0.1) is 0 Å². The van der Waals surface area contributed by atoms with Gasteiger partial charge >= 0.3 is 0 Å². The zero-order valence-corrected chi connectivity index (χ0v) is 16.3. The zero-order valence-electron chi connectivity index (χ0n) is 16.3. The number of para-hydroxylation sites is 1. The highest BCUT2D eigenvalue weighted by Gasteiger charge is 2.24. The van der Waals surface area contributed by atoms with Crippen LogP contribution in [0.25, 0.3) is 16.9 Å². The molecule has 2 aromatic carbocycles. The summed E-state index contributed by atoms with van der Waals surface area (Å²) in [4.78, 5) is 2.39. The van der Waals surface area contributed by atoms with Crippen LogP contribution < -0.4 is 4.74 Å². The Balaban J connectivity index is 1.73. The monoisotopic (exact) mass is 377 g/mol. The molecule has 1 aromatic heterocycles. The zero-order chi connectivity index (χ0) is 19.3.